The van der Waals surface area contributed by atoms with Crippen LogP contribution in [0.3, 0.4) is 0 Å². The molecule has 18 heavy (non-hydrogen) atoms. The molecule has 1 saturated heterocycles. The molecule has 1 amide bonds. The van der Waals surface area contributed by atoms with Gasteiger partial charge in [-0.2, -0.15) is 11.8 Å². The van der Waals surface area contributed by atoms with Crippen molar-refractivity contribution < 1.29 is 4.79 Å². The van der Waals surface area contributed by atoms with Crippen molar-refractivity contribution in [3.63, 3.8) is 0 Å². The quantitative estimate of drug-likeness (QED) is 0.738. The Morgan fingerprint density at radius 2 is 2.17 bits per heavy atom. The van der Waals surface area contributed by atoms with Crippen molar-refractivity contribution in [3.05, 3.63) is 0 Å². The highest BCUT2D eigenvalue weighted by atomic mass is 32.2. The van der Waals surface area contributed by atoms with E-state index in [0.29, 0.717) is 24.4 Å². The van der Waals surface area contributed by atoms with Crippen LogP contribution >= 0.6 is 24.0 Å². The minimum atomic E-state index is 0.183. The second kappa shape index (κ2) is 8.72. The highest BCUT2D eigenvalue weighted by Gasteiger charge is 2.13. The fourth-order valence-corrected chi connectivity index (χ4v) is 2.88. The maximum absolute atomic E-state index is 11.9. The van der Waals surface area contributed by atoms with Gasteiger partial charge in [0.2, 0.25) is 5.91 Å². The molecule has 0 atom stereocenters. The van der Waals surface area contributed by atoms with Gasteiger partial charge in [-0.15, -0.1) is 0 Å². The van der Waals surface area contributed by atoms with E-state index < -0.39 is 0 Å². The number of carbonyl (C=O) groups excluding carboxylic acids is 1. The van der Waals surface area contributed by atoms with Crippen LogP contribution in [0.2, 0.25) is 0 Å². The van der Waals surface area contributed by atoms with Gasteiger partial charge >= 0.3 is 0 Å². The summed E-state index contributed by atoms with van der Waals surface area (Å²) in [5.74, 6) is 2.62. The average molecular weight is 289 g/mol. The molecule has 0 spiro atoms. The summed E-state index contributed by atoms with van der Waals surface area (Å²) in [5.41, 5.74) is 5.43. The summed E-state index contributed by atoms with van der Waals surface area (Å²) in [6.45, 7) is 3.73. The molecule has 0 unspecified atom stereocenters. The van der Waals surface area contributed by atoms with Gasteiger partial charge in [0.05, 0.1) is 4.99 Å². The summed E-state index contributed by atoms with van der Waals surface area (Å²) in [6.07, 6.45) is 2.44. The fraction of sp³-hybridized carbons (Fsp3) is 0.833. The van der Waals surface area contributed by atoms with Crippen molar-refractivity contribution in [3.8, 4) is 0 Å². The average Bonchev–Trinajstić information content (AvgIpc) is 2.61. The molecule has 1 rings (SSSR count). The normalized spacial score (nSPS) is 17.2. The predicted molar refractivity (Wildman–Crippen MR) is 82.0 cm³/mol. The Kier molecular flexibility index (Phi) is 7.62. The van der Waals surface area contributed by atoms with Gasteiger partial charge in [-0.05, 0) is 18.7 Å². The SMILES string of the molecule is CN(CCC(N)=S)C(=O)CCN1CCCSCC1. The van der Waals surface area contributed by atoms with Crippen LogP contribution < -0.4 is 5.73 Å². The number of nitrogens with two attached hydrogens (primary N) is 1. The second-order valence-corrected chi connectivity index (χ2v) is 6.34. The Morgan fingerprint density at radius 3 is 2.89 bits per heavy atom. The van der Waals surface area contributed by atoms with Gasteiger partial charge in [-0.1, -0.05) is 12.2 Å². The first-order valence-electron chi connectivity index (χ1n) is 6.42. The summed E-state index contributed by atoms with van der Waals surface area (Å²) in [5, 5.41) is 0. The van der Waals surface area contributed by atoms with Gasteiger partial charge in [0.1, 0.15) is 0 Å². The topological polar surface area (TPSA) is 49.6 Å². The van der Waals surface area contributed by atoms with Crippen molar-refractivity contribution in [1.29, 1.82) is 0 Å². The summed E-state index contributed by atoms with van der Waals surface area (Å²) in [4.78, 5) is 16.5. The van der Waals surface area contributed by atoms with Crippen molar-refractivity contribution >= 4 is 34.9 Å². The number of nitrogens with zero attached hydrogens (tertiary/aromatic N) is 2. The first-order valence-corrected chi connectivity index (χ1v) is 7.98. The van der Waals surface area contributed by atoms with Crippen LogP contribution in [0.25, 0.3) is 0 Å². The van der Waals surface area contributed by atoms with E-state index in [0.717, 1.165) is 19.6 Å². The third kappa shape index (κ3) is 6.56. The van der Waals surface area contributed by atoms with Crippen LogP contribution in [0.1, 0.15) is 19.3 Å². The maximum atomic E-state index is 11.9. The molecule has 1 aliphatic rings. The lowest BCUT2D eigenvalue weighted by molar-refractivity contribution is -0.130. The number of thioether (sulfide) groups is 1. The number of thiocarbonyl (C=S) groups is 1. The first kappa shape index (κ1) is 15.7. The fourth-order valence-electron chi connectivity index (χ4n) is 1.87. The van der Waals surface area contributed by atoms with Gasteiger partial charge in [0.15, 0.2) is 0 Å². The molecule has 4 nitrogen and oxygen atoms in total. The summed E-state index contributed by atoms with van der Waals surface area (Å²) >= 11 is 6.82. The van der Waals surface area contributed by atoms with E-state index in [1.54, 1.807) is 4.90 Å². The third-order valence-corrected chi connectivity index (χ3v) is 4.33. The molecule has 0 saturated carbocycles. The van der Waals surface area contributed by atoms with Crippen LogP contribution in [0.5, 0.6) is 0 Å². The van der Waals surface area contributed by atoms with Crippen LogP contribution in [0.4, 0.5) is 0 Å². The van der Waals surface area contributed by atoms with Crippen molar-refractivity contribution in [2.75, 3.05) is 44.7 Å². The Balaban J connectivity index is 2.20. The molecule has 1 aliphatic heterocycles. The number of amides is 1. The minimum Gasteiger partial charge on any atom is -0.393 e. The number of hydrogen-bond acceptors (Lipinski definition) is 4. The molecule has 0 aromatic carbocycles. The van der Waals surface area contributed by atoms with E-state index in [1.165, 1.54) is 17.9 Å². The molecule has 1 fully saturated rings. The standard InChI is InChI=1S/C12H23N3OS2/c1-14(6-3-11(13)17)12(16)4-7-15-5-2-9-18-10-8-15/h2-10H2,1H3,(H2,13,17). The highest BCUT2D eigenvalue weighted by Crippen LogP contribution is 2.10. The Bertz CT molecular complexity index is 278. The van der Waals surface area contributed by atoms with Gasteiger partial charge in [0, 0.05) is 45.3 Å². The molecule has 1 heterocycles. The lowest BCUT2D eigenvalue weighted by Gasteiger charge is -2.21. The zero-order valence-electron chi connectivity index (χ0n) is 11.1. The number of hydrogen-bond donors (Lipinski definition) is 1. The lowest BCUT2D eigenvalue weighted by atomic mass is 10.3. The molecular formula is C12H23N3OS2. The Hall–Kier alpha value is -0.330. The molecule has 6 heteroatoms. The van der Waals surface area contributed by atoms with E-state index >= 15 is 0 Å². The molecule has 2 N–H and O–H groups in total. The van der Waals surface area contributed by atoms with E-state index in [-0.39, 0.29) is 5.91 Å². The van der Waals surface area contributed by atoms with E-state index in [4.69, 9.17) is 18.0 Å². The lowest BCUT2D eigenvalue weighted by Crippen LogP contribution is -2.34. The molecule has 0 aromatic rings. The zero-order valence-corrected chi connectivity index (χ0v) is 12.7. The van der Waals surface area contributed by atoms with E-state index in [1.807, 2.05) is 18.8 Å². The van der Waals surface area contributed by atoms with Crippen LogP contribution in [0, 0.1) is 0 Å². The minimum absolute atomic E-state index is 0.183. The van der Waals surface area contributed by atoms with Gasteiger partial charge in [-0.3, -0.25) is 4.79 Å². The molecule has 0 aliphatic carbocycles. The second-order valence-electron chi connectivity index (χ2n) is 4.59. The van der Waals surface area contributed by atoms with Crippen LogP contribution in [-0.2, 0) is 4.79 Å². The van der Waals surface area contributed by atoms with E-state index in [9.17, 15) is 4.79 Å². The first-order chi connectivity index (χ1) is 8.59. The largest absolute Gasteiger partial charge is 0.393 e. The van der Waals surface area contributed by atoms with E-state index in [2.05, 4.69) is 4.90 Å². The Morgan fingerprint density at radius 1 is 1.39 bits per heavy atom. The highest BCUT2D eigenvalue weighted by molar-refractivity contribution is 7.99. The monoisotopic (exact) mass is 289 g/mol. The van der Waals surface area contributed by atoms with Gasteiger partial charge < -0.3 is 15.5 Å². The molecular weight excluding hydrogens is 266 g/mol. The van der Waals surface area contributed by atoms with Crippen molar-refractivity contribution in [2.45, 2.75) is 19.3 Å². The summed E-state index contributed by atoms with van der Waals surface area (Å²) < 4.78 is 0. The molecule has 0 radical (unpaired) electrons. The van der Waals surface area contributed by atoms with Crippen molar-refractivity contribution in [2.24, 2.45) is 5.73 Å². The summed E-state index contributed by atoms with van der Waals surface area (Å²) in [7, 11) is 1.82. The van der Waals surface area contributed by atoms with Crippen molar-refractivity contribution in [1.82, 2.24) is 9.80 Å². The smallest absolute Gasteiger partial charge is 0.223 e. The predicted octanol–water partition coefficient (Wildman–Crippen LogP) is 0.950. The Labute approximate surface area is 119 Å². The van der Waals surface area contributed by atoms with Gasteiger partial charge in [-0.25, -0.2) is 0 Å². The van der Waals surface area contributed by atoms with Gasteiger partial charge in [0.25, 0.3) is 0 Å². The zero-order chi connectivity index (χ0) is 13.4. The van der Waals surface area contributed by atoms with Crippen LogP contribution in [0.15, 0.2) is 0 Å². The molecule has 0 bridgehead atoms. The third-order valence-electron chi connectivity index (χ3n) is 3.08. The summed E-state index contributed by atoms with van der Waals surface area (Å²) in [6, 6.07) is 0. The maximum Gasteiger partial charge on any atom is 0.223 e. The van der Waals surface area contributed by atoms with Crippen LogP contribution in [-0.4, -0.2) is 65.4 Å². The molecule has 0 aromatic heterocycles. The number of rotatable bonds is 6. The number of carbonyl (C=O) groups is 1. The molecule has 104 valence electrons.